The number of amides is 1. The Morgan fingerprint density at radius 3 is 2.43 bits per heavy atom. The minimum Gasteiger partial charge on any atom is -0.508 e. The van der Waals surface area contributed by atoms with Crippen molar-refractivity contribution in [2.24, 2.45) is 5.92 Å². The van der Waals surface area contributed by atoms with E-state index in [9.17, 15) is 19.5 Å². The van der Waals surface area contributed by atoms with Gasteiger partial charge in [0.15, 0.2) is 5.78 Å². The molecule has 7 heteroatoms. The monoisotopic (exact) mass is 391 g/mol. The normalized spacial score (nSPS) is 17.9. The molecule has 0 spiro atoms. The van der Waals surface area contributed by atoms with Crippen LogP contribution in [0.1, 0.15) is 45.6 Å². The lowest BCUT2D eigenvalue weighted by Crippen LogP contribution is -2.44. The zero-order chi connectivity index (χ0) is 20.9. The molecule has 154 valence electrons. The average Bonchev–Trinajstić information content (AvgIpc) is 3.11. The highest BCUT2D eigenvalue weighted by Crippen LogP contribution is 2.25. The molecule has 1 aliphatic heterocycles. The Balaban J connectivity index is 2.08. The Kier molecular flexibility index (Phi) is 7.05. The Morgan fingerprint density at radius 1 is 1.21 bits per heavy atom. The molecule has 1 aliphatic rings. The van der Waals surface area contributed by atoms with Gasteiger partial charge in [0.1, 0.15) is 11.4 Å². The van der Waals surface area contributed by atoms with Gasteiger partial charge in [-0.2, -0.15) is 0 Å². The number of esters is 1. The van der Waals surface area contributed by atoms with E-state index in [1.54, 1.807) is 32.9 Å². The zero-order valence-corrected chi connectivity index (χ0v) is 16.9. The van der Waals surface area contributed by atoms with Crippen molar-refractivity contribution in [1.29, 1.82) is 0 Å². The van der Waals surface area contributed by atoms with Crippen molar-refractivity contribution >= 4 is 17.8 Å². The second-order valence-electron chi connectivity index (χ2n) is 8.09. The number of methoxy groups -OCH3 is 1. The van der Waals surface area contributed by atoms with E-state index in [0.29, 0.717) is 19.4 Å². The maximum Gasteiger partial charge on any atom is 0.410 e. The maximum atomic E-state index is 12.9. The van der Waals surface area contributed by atoms with Gasteiger partial charge >= 0.3 is 12.1 Å². The van der Waals surface area contributed by atoms with E-state index < -0.39 is 29.6 Å². The molecule has 7 nitrogen and oxygen atoms in total. The van der Waals surface area contributed by atoms with Gasteiger partial charge in [-0.05, 0) is 57.7 Å². The van der Waals surface area contributed by atoms with Gasteiger partial charge in [-0.15, -0.1) is 0 Å². The van der Waals surface area contributed by atoms with Crippen LogP contribution in [0.2, 0.25) is 0 Å². The molecule has 1 amide bonds. The predicted molar refractivity (Wildman–Crippen MR) is 103 cm³/mol. The van der Waals surface area contributed by atoms with Gasteiger partial charge in [0.05, 0.1) is 19.1 Å². The van der Waals surface area contributed by atoms with Gasteiger partial charge in [0.25, 0.3) is 0 Å². The molecule has 2 rings (SSSR count). The van der Waals surface area contributed by atoms with Gasteiger partial charge < -0.3 is 14.6 Å². The molecular formula is C21H29NO6. The lowest BCUT2D eigenvalue weighted by Gasteiger charge is -2.28. The fourth-order valence-corrected chi connectivity index (χ4v) is 3.34. The first-order valence-electron chi connectivity index (χ1n) is 9.49. The molecule has 1 fully saturated rings. The SMILES string of the molecule is COC(=O)[C@@H](CC(=O)[C@@H]1CCCN1C(=O)OC(C)(C)C)Cc1ccc(O)cc1. The minimum absolute atomic E-state index is 0.0164. The van der Waals surface area contributed by atoms with Crippen LogP contribution in [-0.4, -0.2) is 53.1 Å². The van der Waals surface area contributed by atoms with Crippen LogP contribution < -0.4 is 0 Å². The van der Waals surface area contributed by atoms with Gasteiger partial charge in [-0.25, -0.2) is 4.79 Å². The molecule has 2 atom stereocenters. The molecule has 1 aromatic carbocycles. The lowest BCUT2D eigenvalue weighted by atomic mass is 9.91. The Labute approximate surface area is 165 Å². The number of hydrogen-bond acceptors (Lipinski definition) is 6. The molecule has 0 bridgehead atoms. The Morgan fingerprint density at radius 2 is 1.86 bits per heavy atom. The fraction of sp³-hybridized carbons (Fsp3) is 0.571. The van der Waals surface area contributed by atoms with Crippen molar-refractivity contribution in [1.82, 2.24) is 4.90 Å². The second-order valence-corrected chi connectivity index (χ2v) is 8.09. The molecule has 1 saturated heterocycles. The number of phenolic OH excluding ortho intramolecular Hbond substituents is 1. The van der Waals surface area contributed by atoms with E-state index >= 15 is 0 Å². The zero-order valence-electron chi connectivity index (χ0n) is 16.9. The van der Waals surface area contributed by atoms with Gasteiger partial charge in [0.2, 0.25) is 0 Å². The molecule has 1 N–H and O–H groups in total. The highest BCUT2D eigenvalue weighted by atomic mass is 16.6. The summed E-state index contributed by atoms with van der Waals surface area (Å²) < 4.78 is 10.3. The van der Waals surface area contributed by atoms with E-state index in [0.717, 1.165) is 12.0 Å². The van der Waals surface area contributed by atoms with Crippen LogP contribution >= 0.6 is 0 Å². The fourth-order valence-electron chi connectivity index (χ4n) is 3.34. The number of carbonyl (C=O) groups excluding carboxylic acids is 3. The molecule has 1 aromatic rings. The second kappa shape index (κ2) is 9.08. The first-order chi connectivity index (χ1) is 13.1. The Hall–Kier alpha value is -2.57. The van der Waals surface area contributed by atoms with Crippen LogP contribution in [0.25, 0.3) is 0 Å². The molecular weight excluding hydrogens is 362 g/mol. The topological polar surface area (TPSA) is 93.1 Å². The number of phenols is 1. The summed E-state index contributed by atoms with van der Waals surface area (Å²) in [6, 6.07) is 5.90. The van der Waals surface area contributed by atoms with Crippen LogP contribution in [-0.2, 0) is 25.5 Å². The Bertz CT molecular complexity index is 707. The number of hydrogen-bond donors (Lipinski definition) is 1. The number of benzene rings is 1. The third-order valence-electron chi connectivity index (χ3n) is 4.65. The molecule has 0 saturated carbocycles. The van der Waals surface area contributed by atoms with E-state index in [1.807, 2.05) is 0 Å². The number of Topliss-reactive ketones (excluding diaryl/α,β-unsaturated/α-hetero) is 1. The number of ether oxygens (including phenoxy) is 2. The molecule has 28 heavy (non-hydrogen) atoms. The minimum atomic E-state index is -0.650. The van der Waals surface area contributed by atoms with Gasteiger partial charge in [-0.3, -0.25) is 14.5 Å². The summed E-state index contributed by atoms with van der Waals surface area (Å²) in [5.41, 5.74) is 0.178. The smallest absolute Gasteiger partial charge is 0.410 e. The summed E-state index contributed by atoms with van der Waals surface area (Å²) in [4.78, 5) is 39.0. The average molecular weight is 391 g/mol. The maximum absolute atomic E-state index is 12.9. The van der Waals surface area contributed by atoms with E-state index in [2.05, 4.69) is 0 Å². The summed E-state index contributed by atoms with van der Waals surface area (Å²) >= 11 is 0. The van der Waals surface area contributed by atoms with Crippen molar-refractivity contribution in [3.63, 3.8) is 0 Å². The van der Waals surface area contributed by atoms with E-state index in [4.69, 9.17) is 9.47 Å². The number of ketones is 1. The highest BCUT2D eigenvalue weighted by Gasteiger charge is 2.38. The van der Waals surface area contributed by atoms with Crippen molar-refractivity contribution < 1.29 is 29.0 Å². The van der Waals surface area contributed by atoms with Gasteiger partial charge in [0, 0.05) is 13.0 Å². The van der Waals surface area contributed by atoms with Crippen LogP contribution in [0.5, 0.6) is 5.75 Å². The van der Waals surface area contributed by atoms with Gasteiger partial charge in [-0.1, -0.05) is 12.1 Å². The van der Waals surface area contributed by atoms with Crippen molar-refractivity contribution in [3.05, 3.63) is 29.8 Å². The first kappa shape index (κ1) is 21.7. The first-order valence-corrected chi connectivity index (χ1v) is 9.49. The van der Waals surface area contributed by atoms with E-state index in [-0.39, 0.29) is 18.0 Å². The quantitative estimate of drug-likeness (QED) is 0.749. The number of likely N-dealkylation sites (tertiary alicyclic amines) is 1. The predicted octanol–water partition coefficient (Wildman–Crippen LogP) is 3.08. The van der Waals surface area contributed by atoms with Crippen LogP contribution in [0, 0.1) is 5.92 Å². The summed E-state index contributed by atoms with van der Waals surface area (Å²) in [5, 5.41) is 9.40. The molecule has 1 heterocycles. The van der Waals surface area contributed by atoms with Crippen molar-refractivity contribution in [3.8, 4) is 5.75 Å². The number of rotatable bonds is 6. The number of aromatic hydroxyl groups is 1. The van der Waals surface area contributed by atoms with E-state index in [1.165, 1.54) is 24.1 Å². The lowest BCUT2D eigenvalue weighted by molar-refractivity contribution is -0.147. The molecule has 0 radical (unpaired) electrons. The van der Waals surface area contributed by atoms with Crippen molar-refractivity contribution in [2.45, 2.75) is 58.1 Å². The van der Waals surface area contributed by atoms with Crippen LogP contribution in [0.3, 0.4) is 0 Å². The molecule has 0 unspecified atom stereocenters. The van der Waals surface area contributed by atoms with Crippen LogP contribution in [0.15, 0.2) is 24.3 Å². The summed E-state index contributed by atoms with van der Waals surface area (Å²) in [6.07, 6.45) is 1.08. The summed E-state index contributed by atoms with van der Waals surface area (Å²) in [7, 11) is 1.29. The van der Waals surface area contributed by atoms with Crippen LogP contribution in [0.4, 0.5) is 4.79 Å². The number of carbonyl (C=O) groups is 3. The largest absolute Gasteiger partial charge is 0.508 e. The standard InChI is InChI=1S/C21H29NO6/c1-21(2,3)28-20(26)22-11-5-6-17(22)18(24)13-15(19(25)27-4)12-14-7-9-16(23)10-8-14/h7-10,15,17,23H,5-6,11-13H2,1-4H3/t15-,17+/m1/s1. The van der Waals surface area contributed by atoms with Crippen molar-refractivity contribution in [2.75, 3.05) is 13.7 Å². The third-order valence-corrected chi connectivity index (χ3v) is 4.65. The molecule has 0 aliphatic carbocycles. The number of nitrogens with zero attached hydrogens (tertiary/aromatic N) is 1. The third kappa shape index (κ3) is 5.97. The highest BCUT2D eigenvalue weighted by molar-refractivity contribution is 5.91. The summed E-state index contributed by atoms with van der Waals surface area (Å²) in [6.45, 7) is 5.81. The molecule has 0 aromatic heterocycles. The summed E-state index contributed by atoms with van der Waals surface area (Å²) in [5.74, 6) is -1.16.